The van der Waals surface area contributed by atoms with Crippen LogP contribution in [0, 0.1) is 5.82 Å². The van der Waals surface area contributed by atoms with Crippen LogP contribution in [0.1, 0.15) is 33.1 Å². The van der Waals surface area contributed by atoms with E-state index >= 15 is 0 Å². The summed E-state index contributed by atoms with van der Waals surface area (Å²) in [7, 11) is 1.60. The largest absolute Gasteiger partial charge is 0.383 e. The zero-order valence-corrected chi connectivity index (χ0v) is 25.5. The summed E-state index contributed by atoms with van der Waals surface area (Å²) in [6, 6.07) is 4.14. The number of hydrazone groups is 1. The first-order valence-electron chi connectivity index (χ1n) is 14.1. The van der Waals surface area contributed by atoms with E-state index in [9.17, 15) is 9.18 Å². The Bertz CT molecular complexity index is 1390. The number of rotatable bonds is 14. The van der Waals surface area contributed by atoms with Gasteiger partial charge in [-0.3, -0.25) is 4.79 Å². The summed E-state index contributed by atoms with van der Waals surface area (Å²) in [6.07, 6.45) is 7.83. The van der Waals surface area contributed by atoms with Crippen LogP contribution in [0.4, 0.5) is 10.1 Å². The lowest BCUT2D eigenvalue weighted by Crippen LogP contribution is -2.62. The third-order valence-electron chi connectivity index (χ3n) is 7.15. The predicted molar refractivity (Wildman–Crippen MR) is 167 cm³/mol. The van der Waals surface area contributed by atoms with Crippen LogP contribution in [-0.2, 0) is 14.3 Å². The minimum absolute atomic E-state index is 0.105. The quantitative estimate of drug-likeness (QED) is 0.0705. The molecule has 1 aliphatic carbocycles. The number of fused-ring (bicyclic) bond motifs is 1. The fourth-order valence-corrected chi connectivity index (χ4v) is 5.21. The number of benzene rings is 1. The van der Waals surface area contributed by atoms with Gasteiger partial charge in [-0.05, 0) is 57.4 Å². The van der Waals surface area contributed by atoms with Crippen molar-refractivity contribution in [2.24, 2.45) is 21.6 Å². The first kappa shape index (κ1) is 32.2. The van der Waals surface area contributed by atoms with Gasteiger partial charge in [-0.1, -0.05) is 23.8 Å². The monoisotopic (exact) mass is 614 g/mol. The molecule has 0 aromatic heterocycles. The summed E-state index contributed by atoms with van der Waals surface area (Å²) in [4.78, 5) is 17.5. The molecule has 2 aliphatic heterocycles. The van der Waals surface area contributed by atoms with Crippen LogP contribution in [0.3, 0.4) is 0 Å². The summed E-state index contributed by atoms with van der Waals surface area (Å²) >= 11 is 6.25. The van der Waals surface area contributed by atoms with E-state index < -0.39 is 11.5 Å². The van der Waals surface area contributed by atoms with Crippen LogP contribution in [0.15, 0.2) is 75.3 Å². The number of nitrogens with one attached hydrogen (secondary N) is 3. The van der Waals surface area contributed by atoms with E-state index in [2.05, 4.69) is 32.6 Å². The van der Waals surface area contributed by atoms with Crippen molar-refractivity contribution in [2.45, 2.75) is 50.9 Å². The van der Waals surface area contributed by atoms with E-state index in [4.69, 9.17) is 32.5 Å². The lowest BCUT2D eigenvalue weighted by molar-refractivity contribution is -0.118. The van der Waals surface area contributed by atoms with Crippen LogP contribution in [0.5, 0.6) is 0 Å². The van der Waals surface area contributed by atoms with Crippen molar-refractivity contribution in [1.29, 1.82) is 0 Å². The zero-order chi connectivity index (χ0) is 31.1. The lowest BCUT2D eigenvalue weighted by Gasteiger charge is -2.50. The number of nitrogens with two attached hydrogens (primary N) is 2. The molecule has 232 valence electrons. The van der Waals surface area contributed by atoms with Crippen molar-refractivity contribution in [1.82, 2.24) is 21.0 Å². The molecule has 1 aromatic carbocycles. The molecule has 13 heteroatoms. The van der Waals surface area contributed by atoms with Gasteiger partial charge in [0.25, 0.3) is 5.91 Å². The number of hydrogen-bond donors (Lipinski definition) is 5. The summed E-state index contributed by atoms with van der Waals surface area (Å²) in [5.74, 6) is -0.657. The number of hydrogen-bond acceptors (Lipinski definition) is 9. The van der Waals surface area contributed by atoms with Crippen LogP contribution in [0.2, 0.25) is 5.02 Å². The normalized spacial score (nSPS) is 23.5. The number of carbonyl (C=O) groups is 1. The van der Waals surface area contributed by atoms with Crippen molar-refractivity contribution < 1.29 is 18.7 Å². The lowest BCUT2D eigenvalue weighted by atomic mass is 9.94. The Labute approximate surface area is 256 Å². The highest BCUT2D eigenvalue weighted by atomic mass is 35.5. The molecule has 4 rings (SSSR count). The van der Waals surface area contributed by atoms with Crippen molar-refractivity contribution >= 4 is 35.2 Å². The number of ether oxygens (including phenoxy) is 2. The van der Waals surface area contributed by atoms with Gasteiger partial charge in [0.1, 0.15) is 17.3 Å². The number of carbonyl (C=O) groups excluding carboxylic acids is 1. The van der Waals surface area contributed by atoms with E-state index in [-0.39, 0.29) is 34.5 Å². The third-order valence-corrected chi connectivity index (χ3v) is 7.47. The van der Waals surface area contributed by atoms with Gasteiger partial charge in [0.15, 0.2) is 5.66 Å². The van der Waals surface area contributed by atoms with Crippen molar-refractivity contribution in [2.75, 3.05) is 33.5 Å². The van der Waals surface area contributed by atoms with E-state index in [1.807, 2.05) is 19.9 Å². The van der Waals surface area contributed by atoms with Gasteiger partial charge >= 0.3 is 0 Å². The Morgan fingerprint density at radius 2 is 2.14 bits per heavy atom. The van der Waals surface area contributed by atoms with Crippen LogP contribution in [0.25, 0.3) is 0 Å². The number of halogens is 2. The molecule has 43 heavy (non-hydrogen) atoms. The van der Waals surface area contributed by atoms with E-state index in [0.717, 1.165) is 25.0 Å². The Hall–Kier alpha value is -3.71. The van der Waals surface area contributed by atoms with E-state index in [0.29, 0.717) is 48.9 Å². The number of amidine groups is 1. The minimum Gasteiger partial charge on any atom is -0.383 e. The first-order chi connectivity index (χ1) is 20.5. The maximum atomic E-state index is 13.9. The molecule has 1 fully saturated rings. The van der Waals surface area contributed by atoms with Gasteiger partial charge in [0.05, 0.1) is 53.7 Å². The molecule has 1 saturated carbocycles. The molecule has 3 atom stereocenters. The van der Waals surface area contributed by atoms with E-state index in [1.165, 1.54) is 18.2 Å². The molecule has 0 spiro atoms. The Morgan fingerprint density at radius 3 is 2.84 bits per heavy atom. The maximum Gasteiger partial charge on any atom is 0.267 e. The van der Waals surface area contributed by atoms with Gasteiger partial charge in [-0.15, -0.1) is 0 Å². The van der Waals surface area contributed by atoms with Crippen molar-refractivity contribution in [3.05, 3.63) is 76.0 Å². The summed E-state index contributed by atoms with van der Waals surface area (Å²) < 4.78 is 24.3. The molecule has 1 unspecified atom stereocenters. The van der Waals surface area contributed by atoms with Gasteiger partial charge in [-0.25, -0.2) is 14.4 Å². The molecule has 0 radical (unpaired) electrons. The summed E-state index contributed by atoms with van der Waals surface area (Å²) in [5.41, 5.74) is 15.0. The van der Waals surface area contributed by atoms with Crippen LogP contribution < -0.4 is 27.4 Å². The molecule has 2 heterocycles. The highest BCUT2D eigenvalue weighted by Gasteiger charge is 2.46. The summed E-state index contributed by atoms with van der Waals surface area (Å²) in [5, 5.41) is 16.4. The van der Waals surface area contributed by atoms with Crippen molar-refractivity contribution in [3.8, 4) is 0 Å². The molecule has 3 aliphatic rings. The molecule has 7 N–H and O–H groups in total. The predicted octanol–water partition coefficient (Wildman–Crippen LogP) is 2.94. The Balaban J connectivity index is 1.59. The molecular formula is C30H40ClFN8O3. The zero-order valence-electron chi connectivity index (χ0n) is 24.8. The van der Waals surface area contributed by atoms with Gasteiger partial charge in [-0.2, -0.15) is 5.10 Å². The third kappa shape index (κ3) is 8.02. The standard InChI is InChI=1S/C30H40ClFN8O3/c1-18(2)13-25(29(41)35-9-10-43-12-11-42-4)39-30(3)16-26-27(37-21-7-6-20(33)15-21)22(17-36-40(26)30)28(34)38-24-14-19(32)5-8-23(24)31/h5,8,13-14,16-17,20-21,37,39H,1,6-7,9-12,15,33H2,2-4H3,(H2,34,38)(H,35,41)/b25-13-/t20-,21+,30?/m0/s1. The SMILES string of the molecule is C=C(C)/C=C(\NC1(C)C=C2C(N[C@@H]3CC[C@H](N)C3)=C(/C(N)=N/c3cc(F)ccc3Cl)C=NN21)C(=O)NCCOCCOC. The number of nitrogens with zero attached hydrogens (tertiary/aromatic N) is 3. The Morgan fingerprint density at radius 1 is 1.35 bits per heavy atom. The molecule has 11 nitrogen and oxygen atoms in total. The Kier molecular flexibility index (Phi) is 10.6. The van der Waals surface area contributed by atoms with Gasteiger partial charge < -0.3 is 36.9 Å². The second-order valence-corrected chi connectivity index (χ2v) is 11.3. The minimum atomic E-state index is -0.846. The topological polar surface area (TPSA) is 152 Å². The van der Waals surface area contributed by atoms with Crippen LogP contribution >= 0.6 is 11.6 Å². The summed E-state index contributed by atoms with van der Waals surface area (Å²) in [6.45, 7) is 9.25. The fourth-order valence-electron chi connectivity index (χ4n) is 5.05. The highest BCUT2D eigenvalue weighted by Crippen LogP contribution is 2.40. The molecule has 0 saturated heterocycles. The number of methoxy groups -OCH3 is 1. The average molecular weight is 615 g/mol. The van der Waals surface area contributed by atoms with Gasteiger partial charge in [0, 0.05) is 31.8 Å². The second-order valence-electron chi connectivity index (χ2n) is 10.9. The average Bonchev–Trinajstić information content (AvgIpc) is 3.36. The molecule has 1 aromatic rings. The number of amides is 1. The van der Waals surface area contributed by atoms with Crippen molar-refractivity contribution in [3.63, 3.8) is 0 Å². The molecule has 1 amide bonds. The highest BCUT2D eigenvalue weighted by molar-refractivity contribution is 6.33. The number of aliphatic imine (C=N–C) groups is 1. The molecule has 0 bridgehead atoms. The van der Waals surface area contributed by atoms with Gasteiger partial charge in [0.2, 0.25) is 0 Å². The number of allylic oxidation sites excluding steroid dienone is 2. The molecular weight excluding hydrogens is 575 g/mol. The van der Waals surface area contributed by atoms with Crippen LogP contribution in [-0.4, -0.2) is 74.2 Å². The first-order valence-corrected chi connectivity index (χ1v) is 14.5. The fraction of sp³-hybridized carbons (Fsp3) is 0.433. The second kappa shape index (κ2) is 14.2. The smallest absolute Gasteiger partial charge is 0.267 e. The van der Waals surface area contributed by atoms with E-state index in [1.54, 1.807) is 24.4 Å². The maximum absolute atomic E-state index is 13.9.